The maximum Gasteiger partial charge on any atom is 0.160 e. The van der Waals surface area contributed by atoms with Gasteiger partial charge in [-0.2, -0.15) is 5.26 Å². The number of halogens is 1. The first-order chi connectivity index (χ1) is 8.79. The molecule has 0 bridgehead atoms. The van der Waals surface area contributed by atoms with Gasteiger partial charge < -0.3 is 4.57 Å². The van der Waals surface area contributed by atoms with Crippen molar-refractivity contribution in [3.63, 3.8) is 0 Å². The average Bonchev–Trinajstić information content (AvgIpc) is 3.13. The van der Waals surface area contributed by atoms with Crippen LogP contribution in [-0.4, -0.2) is 14.5 Å². The molecule has 0 spiro atoms. The second-order valence-electron chi connectivity index (χ2n) is 4.65. The summed E-state index contributed by atoms with van der Waals surface area (Å²) in [6.07, 6.45) is 5.70. The molecular formula is C13H13BrN4. The Morgan fingerprint density at radius 1 is 1.50 bits per heavy atom. The highest BCUT2D eigenvalue weighted by Crippen LogP contribution is 2.40. The van der Waals surface area contributed by atoms with Gasteiger partial charge in [0.15, 0.2) is 5.65 Å². The van der Waals surface area contributed by atoms with Crippen molar-refractivity contribution >= 4 is 27.1 Å². The van der Waals surface area contributed by atoms with E-state index in [1.54, 1.807) is 0 Å². The summed E-state index contributed by atoms with van der Waals surface area (Å²) in [5, 5.41) is 8.64. The first kappa shape index (κ1) is 11.7. The number of nitrogens with zero attached hydrogens (tertiary/aromatic N) is 4. The maximum atomic E-state index is 8.64. The van der Waals surface area contributed by atoms with Gasteiger partial charge in [0.1, 0.15) is 11.3 Å². The van der Waals surface area contributed by atoms with E-state index in [0.29, 0.717) is 12.3 Å². The van der Waals surface area contributed by atoms with E-state index in [-0.39, 0.29) is 0 Å². The molecule has 1 saturated carbocycles. The van der Waals surface area contributed by atoms with Gasteiger partial charge in [-0.15, -0.1) is 0 Å². The highest BCUT2D eigenvalue weighted by atomic mass is 79.9. The summed E-state index contributed by atoms with van der Waals surface area (Å²) < 4.78 is 3.15. The summed E-state index contributed by atoms with van der Waals surface area (Å²) >= 11 is 3.43. The smallest absolute Gasteiger partial charge is 0.160 e. The molecule has 1 fully saturated rings. The Kier molecular flexibility index (Phi) is 3.04. The summed E-state index contributed by atoms with van der Waals surface area (Å²) in [5.74, 6) is 1.74. The van der Waals surface area contributed by atoms with Crippen LogP contribution in [0.3, 0.4) is 0 Å². The molecule has 0 saturated heterocycles. The van der Waals surface area contributed by atoms with Gasteiger partial charge in [0, 0.05) is 29.6 Å². The molecule has 18 heavy (non-hydrogen) atoms. The number of imidazole rings is 1. The SMILES string of the molecule is N#CCCCn1c(C2CC2)nc2cc(Br)cnc21. The third-order valence-corrected chi connectivity index (χ3v) is 3.63. The Hall–Kier alpha value is -1.41. The topological polar surface area (TPSA) is 54.5 Å². The molecule has 3 rings (SSSR count). The van der Waals surface area contributed by atoms with Crippen molar-refractivity contribution in [1.29, 1.82) is 5.26 Å². The molecule has 2 aromatic rings. The number of hydrogen-bond acceptors (Lipinski definition) is 3. The second-order valence-corrected chi connectivity index (χ2v) is 5.57. The number of nitriles is 1. The van der Waals surface area contributed by atoms with Crippen LogP contribution < -0.4 is 0 Å². The van der Waals surface area contributed by atoms with E-state index < -0.39 is 0 Å². The molecule has 1 aliphatic carbocycles. The van der Waals surface area contributed by atoms with E-state index in [9.17, 15) is 0 Å². The average molecular weight is 305 g/mol. The van der Waals surface area contributed by atoms with E-state index in [4.69, 9.17) is 10.2 Å². The Morgan fingerprint density at radius 2 is 2.33 bits per heavy atom. The lowest BCUT2D eigenvalue weighted by molar-refractivity contribution is 0.631. The summed E-state index contributed by atoms with van der Waals surface area (Å²) in [4.78, 5) is 9.16. The molecule has 2 heterocycles. The molecule has 1 aliphatic rings. The first-order valence-corrected chi connectivity index (χ1v) is 6.97. The fraction of sp³-hybridized carbons (Fsp3) is 0.462. The highest BCUT2D eigenvalue weighted by Gasteiger charge is 2.29. The van der Waals surface area contributed by atoms with E-state index >= 15 is 0 Å². The molecular weight excluding hydrogens is 292 g/mol. The summed E-state index contributed by atoms with van der Waals surface area (Å²) in [6, 6.07) is 4.20. The molecule has 0 N–H and O–H groups in total. The zero-order chi connectivity index (χ0) is 12.5. The van der Waals surface area contributed by atoms with Crippen molar-refractivity contribution in [1.82, 2.24) is 14.5 Å². The third-order valence-electron chi connectivity index (χ3n) is 3.19. The minimum Gasteiger partial charge on any atom is -0.312 e. The number of rotatable bonds is 4. The summed E-state index contributed by atoms with van der Waals surface area (Å²) in [7, 11) is 0. The van der Waals surface area contributed by atoms with Gasteiger partial charge in [-0.25, -0.2) is 9.97 Å². The van der Waals surface area contributed by atoms with E-state index in [1.165, 1.54) is 12.8 Å². The van der Waals surface area contributed by atoms with Crippen LogP contribution in [0.15, 0.2) is 16.7 Å². The lowest BCUT2D eigenvalue weighted by atomic mass is 10.3. The number of aryl methyl sites for hydroxylation is 1. The third kappa shape index (κ3) is 2.13. The van der Waals surface area contributed by atoms with Crippen molar-refractivity contribution in [3.8, 4) is 6.07 Å². The van der Waals surface area contributed by atoms with Crippen LogP contribution in [0.1, 0.15) is 37.4 Å². The van der Waals surface area contributed by atoms with Gasteiger partial charge in [-0.3, -0.25) is 0 Å². The van der Waals surface area contributed by atoms with Crippen molar-refractivity contribution in [2.75, 3.05) is 0 Å². The molecule has 0 aliphatic heterocycles. The molecule has 4 nitrogen and oxygen atoms in total. The lowest BCUT2D eigenvalue weighted by Gasteiger charge is -2.06. The maximum absolute atomic E-state index is 8.64. The van der Waals surface area contributed by atoms with Crippen LogP contribution in [0.25, 0.3) is 11.2 Å². The molecule has 0 aromatic carbocycles. The van der Waals surface area contributed by atoms with Gasteiger partial charge in [0.2, 0.25) is 0 Å². The fourth-order valence-electron chi connectivity index (χ4n) is 2.19. The predicted molar refractivity (Wildman–Crippen MR) is 72.1 cm³/mol. The van der Waals surface area contributed by atoms with E-state index in [1.807, 2.05) is 12.3 Å². The molecule has 0 amide bonds. The van der Waals surface area contributed by atoms with Crippen LogP contribution in [0, 0.1) is 11.3 Å². The number of hydrogen-bond donors (Lipinski definition) is 0. The Labute approximate surface area is 114 Å². The van der Waals surface area contributed by atoms with Crippen LogP contribution in [0.4, 0.5) is 0 Å². The molecule has 2 aromatic heterocycles. The monoisotopic (exact) mass is 304 g/mol. The first-order valence-electron chi connectivity index (χ1n) is 6.18. The summed E-state index contributed by atoms with van der Waals surface area (Å²) in [5.41, 5.74) is 1.89. The van der Waals surface area contributed by atoms with Crippen molar-refractivity contribution in [3.05, 3.63) is 22.6 Å². The van der Waals surface area contributed by atoms with Gasteiger partial charge >= 0.3 is 0 Å². The molecule has 0 radical (unpaired) electrons. The van der Waals surface area contributed by atoms with Crippen molar-refractivity contribution in [2.45, 2.75) is 38.1 Å². The van der Waals surface area contributed by atoms with Gasteiger partial charge in [0.05, 0.1) is 6.07 Å². The Bertz CT molecular complexity index is 622. The van der Waals surface area contributed by atoms with Crippen LogP contribution in [0.5, 0.6) is 0 Å². The molecule has 5 heteroatoms. The van der Waals surface area contributed by atoms with Crippen LogP contribution >= 0.6 is 15.9 Å². The van der Waals surface area contributed by atoms with Crippen molar-refractivity contribution in [2.24, 2.45) is 0 Å². The Morgan fingerprint density at radius 3 is 3.06 bits per heavy atom. The number of fused-ring (bicyclic) bond motifs is 1. The van der Waals surface area contributed by atoms with Gasteiger partial charge in [-0.1, -0.05) is 0 Å². The highest BCUT2D eigenvalue weighted by molar-refractivity contribution is 9.10. The standard InChI is InChI=1S/C13H13BrN4/c14-10-7-11-13(16-8-10)18(6-2-1-5-15)12(17-11)9-3-4-9/h7-9H,1-4,6H2. The Balaban J connectivity index is 2.02. The second kappa shape index (κ2) is 4.69. The zero-order valence-electron chi connectivity index (χ0n) is 9.93. The number of unbranched alkanes of at least 4 members (excludes halogenated alkanes) is 1. The lowest BCUT2D eigenvalue weighted by Crippen LogP contribution is -2.03. The molecule has 92 valence electrons. The van der Waals surface area contributed by atoms with Crippen molar-refractivity contribution < 1.29 is 0 Å². The zero-order valence-corrected chi connectivity index (χ0v) is 11.5. The van der Waals surface area contributed by atoms with Gasteiger partial charge in [-0.05, 0) is 41.3 Å². The normalized spacial score (nSPS) is 14.9. The van der Waals surface area contributed by atoms with E-state index in [2.05, 4.69) is 31.6 Å². The quantitative estimate of drug-likeness (QED) is 0.814. The molecule has 0 atom stereocenters. The molecule has 0 unspecified atom stereocenters. The summed E-state index contributed by atoms with van der Waals surface area (Å²) in [6.45, 7) is 0.838. The largest absolute Gasteiger partial charge is 0.312 e. The number of pyridine rings is 1. The van der Waals surface area contributed by atoms with Gasteiger partial charge in [0.25, 0.3) is 0 Å². The predicted octanol–water partition coefficient (Wildman–Crippen LogP) is 3.37. The van der Waals surface area contributed by atoms with E-state index in [0.717, 1.165) is 34.4 Å². The minimum absolute atomic E-state index is 0.584. The van der Waals surface area contributed by atoms with Crippen LogP contribution in [0.2, 0.25) is 0 Å². The number of aromatic nitrogens is 3. The minimum atomic E-state index is 0.584. The fourth-order valence-corrected chi connectivity index (χ4v) is 2.51. The van der Waals surface area contributed by atoms with Crippen LogP contribution in [-0.2, 0) is 6.54 Å².